The molecule has 0 saturated carbocycles. The van der Waals surface area contributed by atoms with Gasteiger partial charge in [0.15, 0.2) is 5.79 Å². The zero-order chi connectivity index (χ0) is 11.6. The number of rotatable bonds is 3. The lowest BCUT2D eigenvalue weighted by atomic mass is 10.4. The summed E-state index contributed by atoms with van der Waals surface area (Å²) < 4.78 is 16.4. The number of nitrogens with two attached hydrogens (primary N) is 1. The maximum atomic E-state index is 5.57. The molecule has 1 aromatic rings. The van der Waals surface area contributed by atoms with Gasteiger partial charge in [0.2, 0.25) is 5.88 Å². The van der Waals surface area contributed by atoms with E-state index in [9.17, 15) is 0 Å². The summed E-state index contributed by atoms with van der Waals surface area (Å²) in [6.07, 6.45) is 2.86. The van der Waals surface area contributed by atoms with Crippen LogP contribution < -0.4 is 10.5 Å². The van der Waals surface area contributed by atoms with Crippen molar-refractivity contribution >= 4 is 5.82 Å². The van der Waals surface area contributed by atoms with Crippen LogP contribution in [0.4, 0.5) is 5.82 Å². The van der Waals surface area contributed by atoms with Crippen molar-refractivity contribution in [2.75, 3.05) is 18.9 Å². The molecule has 1 aromatic heterocycles. The van der Waals surface area contributed by atoms with Gasteiger partial charge in [-0.05, 0) is 13.8 Å². The van der Waals surface area contributed by atoms with Crippen molar-refractivity contribution in [3.63, 3.8) is 0 Å². The van der Waals surface area contributed by atoms with Crippen molar-refractivity contribution in [2.45, 2.75) is 25.7 Å². The Hall–Kier alpha value is -1.40. The van der Waals surface area contributed by atoms with E-state index < -0.39 is 5.79 Å². The molecule has 1 aliphatic rings. The van der Waals surface area contributed by atoms with E-state index in [1.54, 1.807) is 0 Å². The SMILES string of the molecule is CC1(C)OC[C@H](COc2cnc(N)cn2)O1. The highest BCUT2D eigenvalue weighted by Gasteiger charge is 2.32. The average Bonchev–Trinajstić information content (AvgIpc) is 2.58. The quantitative estimate of drug-likeness (QED) is 0.811. The van der Waals surface area contributed by atoms with Crippen molar-refractivity contribution in [3.05, 3.63) is 12.4 Å². The van der Waals surface area contributed by atoms with Crippen molar-refractivity contribution in [2.24, 2.45) is 0 Å². The third-order valence-corrected chi connectivity index (χ3v) is 2.13. The summed E-state index contributed by atoms with van der Waals surface area (Å²) in [6, 6.07) is 0. The van der Waals surface area contributed by atoms with Crippen LogP contribution in [0, 0.1) is 0 Å². The highest BCUT2D eigenvalue weighted by molar-refractivity contribution is 5.24. The summed E-state index contributed by atoms with van der Waals surface area (Å²) in [4.78, 5) is 7.84. The molecule has 0 aliphatic carbocycles. The predicted molar refractivity (Wildman–Crippen MR) is 56.8 cm³/mol. The second kappa shape index (κ2) is 4.23. The third kappa shape index (κ3) is 2.80. The van der Waals surface area contributed by atoms with Crippen LogP contribution in [-0.2, 0) is 9.47 Å². The first-order valence-electron chi connectivity index (χ1n) is 5.07. The Bertz CT molecular complexity index is 353. The number of anilines is 1. The summed E-state index contributed by atoms with van der Waals surface area (Å²) in [5.41, 5.74) is 5.41. The second-order valence-electron chi connectivity index (χ2n) is 4.04. The van der Waals surface area contributed by atoms with E-state index in [2.05, 4.69) is 9.97 Å². The minimum absolute atomic E-state index is 0.0747. The van der Waals surface area contributed by atoms with Crippen molar-refractivity contribution in [3.8, 4) is 5.88 Å². The zero-order valence-electron chi connectivity index (χ0n) is 9.34. The van der Waals surface area contributed by atoms with Gasteiger partial charge in [0, 0.05) is 0 Å². The molecular weight excluding hydrogens is 210 g/mol. The summed E-state index contributed by atoms with van der Waals surface area (Å²) in [5, 5.41) is 0. The minimum atomic E-state index is -0.527. The standard InChI is InChI=1S/C10H15N3O3/c1-10(2)15-6-7(16-10)5-14-9-4-12-8(11)3-13-9/h3-4,7H,5-6H2,1-2H3,(H2,11,12)/t7-/m0/s1. The van der Waals surface area contributed by atoms with Gasteiger partial charge in [0.05, 0.1) is 19.0 Å². The molecular formula is C10H15N3O3. The van der Waals surface area contributed by atoms with E-state index in [1.165, 1.54) is 12.4 Å². The Balaban J connectivity index is 1.82. The summed E-state index contributed by atoms with van der Waals surface area (Å²) in [5.74, 6) is 0.275. The number of aromatic nitrogens is 2. The Kier molecular flexibility index (Phi) is 2.93. The van der Waals surface area contributed by atoms with E-state index in [0.29, 0.717) is 24.9 Å². The first-order valence-corrected chi connectivity index (χ1v) is 5.07. The zero-order valence-corrected chi connectivity index (χ0v) is 9.34. The largest absolute Gasteiger partial charge is 0.474 e. The number of nitrogens with zero attached hydrogens (tertiary/aromatic N) is 2. The average molecular weight is 225 g/mol. The van der Waals surface area contributed by atoms with E-state index in [-0.39, 0.29) is 6.10 Å². The smallest absolute Gasteiger partial charge is 0.232 e. The van der Waals surface area contributed by atoms with Gasteiger partial charge in [-0.2, -0.15) is 0 Å². The van der Waals surface area contributed by atoms with Crippen LogP contribution in [0.3, 0.4) is 0 Å². The fraction of sp³-hybridized carbons (Fsp3) is 0.600. The first-order chi connectivity index (χ1) is 7.55. The van der Waals surface area contributed by atoms with Crippen LogP contribution in [0.2, 0.25) is 0 Å². The third-order valence-electron chi connectivity index (χ3n) is 2.13. The van der Waals surface area contributed by atoms with Crippen LogP contribution in [0.5, 0.6) is 5.88 Å². The molecule has 0 amide bonds. The van der Waals surface area contributed by atoms with E-state index in [0.717, 1.165) is 0 Å². The Morgan fingerprint density at radius 3 is 2.88 bits per heavy atom. The number of ether oxygens (including phenoxy) is 3. The van der Waals surface area contributed by atoms with Crippen molar-refractivity contribution in [1.29, 1.82) is 0 Å². The molecule has 6 nitrogen and oxygen atoms in total. The molecule has 6 heteroatoms. The van der Waals surface area contributed by atoms with Gasteiger partial charge in [-0.15, -0.1) is 0 Å². The second-order valence-corrected chi connectivity index (χ2v) is 4.04. The molecule has 0 aromatic carbocycles. The van der Waals surface area contributed by atoms with Gasteiger partial charge in [-0.1, -0.05) is 0 Å². The Morgan fingerprint density at radius 2 is 2.31 bits per heavy atom. The molecule has 1 fully saturated rings. The van der Waals surface area contributed by atoms with Crippen molar-refractivity contribution < 1.29 is 14.2 Å². The molecule has 1 aliphatic heterocycles. The molecule has 2 rings (SSSR count). The fourth-order valence-corrected chi connectivity index (χ4v) is 1.42. The molecule has 0 bridgehead atoms. The van der Waals surface area contributed by atoms with E-state index in [4.69, 9.17) is 19.9 Å². The molecule has 0 unspecified atom stereocenters. The molecule has 0 spiro atoms. The van der Waals surface area contributed by atoms with Crippen LogP contribution in [0.1, 0.15) is 13.8 Å². The number of hydrogen-bond acceptors (Lipinski definition) is 6. The van der Waals surface area contributed by atoms with Crippen LogP contribution >= 0.6 is 0 Å². The molecule has 16 heavy (non-hydrogen) atoms. The van der Waals surface area contributed by atoms with Gasteiger partial charge in [-0.25, -0.2) is 9.97 Å². The van der Waals surface area contributed by atoms with Gasteiger partial charge in [0.25, 0.3) is 0 Å². The van der Waals surface area contributed by atoms with Gasteiger partial charge < -0.3 is 19.9 Å². The predicted octanol–water partition coefficient (Wildman–Crippen LogP) is 0.589. The van der Waals surface area contributed by atoms with Gasteiger partial charge in [-0.3, -0.25) is 0 Å². The van der Waals surface area contributed by atoms with Gasteiger partial charge >= 0.3 is 0 Å². The van der Waals surface area contributed by atoms with E-state index >= 15 is 0 Å². The molecule has 88 valence electrons. The Labute approximate surface area is 93.7 Å². The monoisotopic (exact) mass is 225 g/mol. The minimum Gasteiger partial charge on any atom is -0.474 e. The maximum absolute atomic E-state index is 5.57. The lowest BCUT2D eigenvalue weighted by molar-refractivity contribution is -0.141. The lowest BCUT2D eigenvalue weighted by Gasteiger charge is -2.17. The Morgan fingerprint density at radius 1 is 1.50 bits per heavy atom. The normalized spacial score (nSPS) is 23.2. The van der Waals surface area contributed by atoms with Crippen LogP contribution in [0.25, 0.3) is 0 Å². The number of nitrogen functional groups attached to an aromatic ring is 1. The van der Waals surface area contributed by atoms with Gasteiger partial charge in [0.1, 0.15) is 18.5 Å². The maximum Gasteiger partial charge on any atom is 0.232 e. The van der Waals surface area contributed by atoms with Crippen molar-refractivity contribution in [1.82, 2.24) is 9.97 Å². The summed E-state index contributed by atoms with van der Waals surface area (Å²) in [7, 11) is 0. The molecule has 0 radical (unpaired) electrons. The van der Waals surface area contributed by atoms with Crippen LogP contribution in [0.15, 0.2) is 12.4 Å². The first kappa shape index (κ1) is 11.1. The van der Waals surface area contributed by atoms with Crippen LogP contribution in [-0.4, -0.2) is 35.1 Å². The fourth-order valence-electron chi connectivity index (χ4n) is 1.42. The molecule has 2 heterocycles. The van der Waals surface area contributed by atoms with E-state index in [1.807, 2.05) is 13.8 Å². The topological polar surface area (TPSA) is 79.5 Å². The lowest BCUT2D eigenvalue weighted by Crippen LogP contribution is -2.25. The summed E-state index contributed by atoms with van der Waals surface area (Å²) in [6.45, 7) is 4.66. The summed E-state index contributed by atoms with van der Waals surface area (Å²) >= 11 is 0. The number of hydrogen-bond donors (Lipinski definition) is 1. The molecule has 1 saturated heterocycles. The highest BCUT2D eigenvalue weighted by Crippen LogP contribution is 2.22. The highest BCUT2D eigenvalue weighted by atomic mass is 16.7. The molecule has 2 N–H and O–H groups in total. The molecule has 1 atom stereocenters.